The molecule has 6 nitrogen and oxygen atoms in total. The van der Waals surface area contributed by atoms with E-state index in [0.717, 1.165) is 41.0 Å². The summed E-state index contributed by atoms with van der Waals surface area (Å²) in [5.74, 6) is 1.28. The number of H-pyrrole nitrogens is 1. The number of halogens is 1. The summed E-state index contributed by atoms with van der Waals surface area (Å²) in [5, 5.41) is 11.4. The number of nitrogens with one attached hydrogen (secondary N) is 4. The Bertz CT molecular complexity index is 1570. The second kappa shape index (κ2) is 10.6. The zero-order chi connectivity index (χ0) is 25.0. The first-order valence-corrected chi connectivity index (χ1v) is 13.2. The standard InChI is InChI=1S/C30H27BrN6/c31-27-19-35-30(36-24-9-10-28-25(16-24)26(18-33-28)22-11-13-32-14-12-22)37-29(27)34-17-20-5-4-8-23(15-20)21-6-2-1-3-7-21/h1-11,15-16,18-19,32-33H,12-14,17H2,(H2,34,35,36,37). The van der Waals surface area contributed by atoms with E-state index in [4.69, 9.17) is 4.98 Å². The molecule has 3 aromatic carbocycles. The molecule has 6 rings (SSSR count). The zero-order valence-corrected chi connectivity index (χ0v) is 21.8. The lowest BCUT2D eigenvalue weighted by atomic mass is 9.99. The van der Waals surface area contributed by atoms with Crippen molar-refractivity contribution in [3.63, 3.8) is 0 Å². The number of aromatic amines is 1. The summed E-state index contributed by atoms with van der Waals surface area (Å²) >= 11 is 3.59. The molecule has 4 N–H and O–H groups in total. The van der Waals surface area contributed by atoms with Gasteiger partial charge >= 0.3 is 0 Å². The van der Waals surface area contributed by atoms with Crippen molar-refractivity contribution < 1.29 is 0 Å². The van der Waals surface area contributed by atoms with E-state index in [1.807, 2.05) is 12.1 Å². The van der Waals surface area contributed by atoms with Crippen LogP contribution in [-0.2, 0) is 6.54 Å². The average molecular weight is 551 g/mol. The highest BCUT2D eigenvalue weighted by Gasteiger charge is 2.12. The molecule has 0 bridgehead atoms. The van der Waals surface area contributed by atoms with Gasteiger partial charge < -0.3 is 20.9 Å². The molecule has 1 aliphatic rings. The Morgan fingerprint density at radius 2 is 1.84 bits per heavy atom. The van der Waals surface area contributed by atoms with Crippen LogP contribution in [0.15, 0.2) is 95.7 Å². The molecule has 7 heteroatoms. The van der Waals surface area contributed by atoms with Crippen LogP contribution < -0.4 is 16.0 Å². The fourth-order valence-electron chi connectivity index (χ4n) is 4.69. The Balaban J connectivity index is 1.19. The van der Waals surface area contributed by atoms with Gasteiger partial charge in [-0.1, -0.05) is 54.6 Å². The van der Waals surface area contributed by atoms with Crippen LogP contribution in [-0.4, -0.2) is 28.0 Å². The van der Waals surface area contributed by atoms with Gasteiger partial charge in [0.25, 0.3) is 0 Å². The lowest BCUT2D eigenvalue weighted by molar-refractivity contribution is 0.739. The second-order valence-corrected chi connectivity index (χ2v) is 9.94. The number of rotatable bonds is 7. The van der Waals surface area contributed by atoms with E-state index < -0.39 is 0 Å². The topological polar surface area (TPSA) is 77.7 Å². The molecule has 184 valence electrons. The van der Waals surface area contributed by atoms with Crippen LogP contribution in [0.1, 0.15) is 17.5 Å². The molecule has 0 radical (unpaired) electrons. The summed E-state index contributed by atoms with van der Waals surface area (Å²) in [7, 11) is 0. The van der Waals surface area contributed by atoms with E-state index >= 15 is 0 Å². The van der Waals surface area contributed by atoms with Crippen LogP contribution in [0.4, 0.5) is 17.5 Å². The van der Waals surface area contributed by atoms with Gasteiger partial charge in [0, 0.05) is 47.6 Å². The molecule has 0 fully saturated rings. The molecule has 0 atom stereocenters. The number of nitrogens with zero attached hydrogens (tertiary/aromatic N) is 2. The highest BCUT2D eigenvalue weighted by atomic mass is 79.9. The maximum atomic E-state index is 4.74. The minimum Gasteiger partial charge on any atom is -0.365 e. The largest absolute Gasteiger partial charge is 0.365 e. The van der Waals surface area contributed by atoms with Gasteiger partial charge in [0.05, 0.1) is 4.47 Å². The van der Waals surface area contributed by atoms with Crippen molar-refractivity contribution in [2.24, 2.45) is 0 Å². The smallest absolute Gasteiger partial charge is 0.229 e. The number of anilines is 3. The molecule has 0 unspecified atom stereocenters. The summed E-state index contributed by atoms with van der Waals surface area (Å²) < 4.78 is 0.818. The number of aromatic nitrogens is 3. The first kappa shape index (κ1) is 23.5. The van der Waals surface area contributed by atoms with Crippen LogP contribution in [0, 0.1) is 0 Å². The lowest BCUT2D eigenvalue weighted by Gasteiger charge is -2.14. The molecule has 1 aliphatic heterocycles. The van der Waals surface area contributed by atoms with E-state index in [2.05, 4.69) is 115 Å². The fraction of sp³-hybridized carbons (Fsp3) is 0.133. The van der Waals surface area contributed by atoms with Crippen LogP contribution in [0.3, 0.4) is 0 Å². The molecular formula is C30H27BrN6. The van der Waals surface area contributed by atoms with Crippen molar-refractivity contribution in [3.8, 4) is 11.1 Å². The van der Waals surface area contributed by atoms with Crippen LogP contribution >= 0.6 is 15.9 Å². The van der Waals surface area contributed by atoms with E-state index in [9.17, 15) is 0 Å². The maximum Gasteiger partial charge on any atom is 0.229 e. The van der Waals surface area contributed by atoms with Crippen molar-refractivity contribution in [2.45, 2.75) is 13.0 Å². The van der Waals surface area contributed by atoms with E-state index in [0.29, 0.717) is 12.5 Å². The monoisotopic (exact) mass is 550 g/mol. The first-order valence-electron chi connectivity index (χ1n) is 12.4. The molecule has 0 saturated carbocycles. The average Bonchev–Trinajstić information content (AvgIpc) is 3.38. The summed E-state index contributed by atoms with van der Waals surface area (Å²) in [6, 6.07) is 25.3. The van der Waals surface area contributed by atoms with Crippen LogP contribution in [0.5, 0.6) is 0 Å². The summed E-state index contributed by atoms with van der Waals surface area (Å²) in [5.41, 5.74) is 8.30. The molecule has 2 aromatic heterocycles. The second-order valence-electron chi connectivity index (χ2n) is 9.08. The third-order valence-corrected chi connectivity index (χ3v) is 7.17. The number of hydrogen-bond acceptors (Lipinski definition) is 5. The zero-order valence-electron chi connectivity index (χ0n) is 20.3. The Labute approximate surface area is 224 Å². The Hall–Kier alpha value is -3.94. The van der Waals surface area contributed by atoms with E-state index in [1.165, 1.54) is 33.2 Å². The van der Waals surface area contributed by atoms with E-state index in [1.54, 1.807) is 6.20 Å². The summed E-state index contributed by atoms with van der Waals surface area (Å²) in [4.78, 5) is 12.6. The van der Waals surface area contributed by atoms with Crippen molar-refractivity contribution in [1.29, 1.82) is 0 Å². The summed E-state index contributed by atoms with van der Waals surface area (Å²) in [6.45, 7) is 2.58. The van der Waals surface area contributed by atoms with Gasteiger partial charge in [-0.15, -0.1) is 0 Å². The highest BCUT2D eigenvalue weighted by Crippen LogP contribution is 2.31. The maximum absolute atomic E-state index is 4.74. The van der Waals surface area contributed by atoms with Crippen LogP contribution in [0.25, 0.3) is 27.6 Å². The van der Waals surface area contributed by atoms with Gasteiger partial charge in [0.15, 0.2) is 0 Å². The normalized spacial score (nSPS) is 13.4. The Morgan fingerprint density at radius 1 is 0.946 bits per heavy atom. The molecule has 0 amide bonds. The van der Waals surface area contributed by atoms with Crippen molar-refractivity contribution >= 4 is 49.9 Å². The fourth-order valence-corrected chi connectivity index (χ4v) is 5.02. The molecule has 5 aromatic rings. The minimum absolute atomic E-state index is 0.543. The Morgan fingerprint density at radius 3 is 2.70 bits per heavy atom. The number of fused-ring (bicyclic) bond motifs is 1. The molecule has 0 saturated heterocycles. The highest BCUT2D eigenvalue weighted by molar-refractivity contribution is 9.10. The minimum atomic E-state index is 0.543. The number of hydrogen-bond donors (Lipinski definition) is 4. The predicted octanol–water partition coefficient (Wildman–Crippen LogP) is 7.12. The molecule has 37 heavy (non-hydrogen) atoms. The number of benzene rings is 3. The van der Waals surface area contributed by atoms with Crippen molar-refractivity contribution in [3.05, 3.63) is 107 Å². The van der Waals surface area contributed by atoms with Crippen molar-refractivity contribution in [1.82, 2.24) is 20.3 Å². The summed E-state index contributed by atoms with van der Waals surface area (Å²) in [6.07, 6.45) is 7.19. The van der Waals surface area contributed by atoms with Gasteiger partial charge in [-0.2, -0.15) is 4.98 Å². The lowest BCUT2D eigenvalue weighted by Crippen LogP contribution is -2.19. The molecule has 3 heterocycles. The van der Waals surface area contributed by atoms with Crippen LogP contribution in [0.2, 0.25) is 0 Å². The quantitative estimate of drug-likeness (QED) is 0.173. The van der Waals surface area contributed by atoms with Gasteiger partial charge in [0.2, 0.25) is 5.95 Å². The molecular weight excluding hydrogens is 524 g/mol. The van der Waals surface area contributed by atoms with Gasteiger partial charge in [0.1, 0.15) is 5.82 Å². The third kappa shape index (κ3) is 5.28. The first-order chi connectivity index (χ1) is 18.2. The predicted molar refractivity (Wildman–Crippen MR) is 156 cm³/mol. The van der Waals surface area contributed by atoms with Crippen molar-refractivity contribution in [2.75, 3.05) is 23.7 Å². The van der Waals surface area contributed by atoms with Gasteiger partial charge in [-0.25, -0.2) is 4.98 Å². The molecule has 0 aliphatic carbocycles. The third-order valence-electron chi connectivity index (χ3n) is 6.59. The Kier molecular flexibility index (Phi) is 6.71. The SMILES string of the molecule is Brc1cnc(Nc2ccc3[nH]cc(C4=CCNCC4)c3c2)nc1NCc1cccc(-c2ccccc2)c1. The van der Waals surface area contributed by atoms with Gasteiger partial charge in [-0.05, 0) is 75.4 Å². The molecule has 0 spiro atoms. The van der Waals surface area contributed by atoms with Gasteiger partial charge in [-0.3, -0.25) is 0 Å². The van der Waals surface area contributed by atoms with E-state index in [-0.39, 0.29) is 0 Å².